The van der Waals surface area contributed by atoms with E-state index in [1.54, 1.807) is 24.0 Å². The molecule has 2 aromatic rings. The molecule has 2 aromatic carbocycles. The predicted molar refractivity (Wildman–Crippen MR) is 126 cm³/mol. The molecule has 0 heterocycles. The zero-order valence-electron chi connectivity index (χ0n) is 18.3. The van der Waals surface area contributed by atoms with E-state index in [9.17, 15) is 9.59 Å². The summed E-state index contributed by atoms with van der Waals surface area (Å²) in [4.78, 5) is 27.7. The van der Waals surface area contributed by atoms with E-state index in [4.69, 9.17) is 4.74 Å². The van der Waals surface area contributed by atoms with Gasteiger partial charge in [-0.2, -0.15) is 0 Å². The molecule has 31 heavy (non-hydrogen) atoms. The standard InChI is InChI=1S/C25H31BrN2O3/c1-18-8-10-20(11-9-18)16-28(19(2)25(30)27-22-6-4-3-5-7-22)24(29)17-31-23-14-12-21(26)13-15-23/h8-15,19,22H,3-7,16-17H2,1-2H3,(H,27,30)/t19-/m1/s1. The summed E-state index contributed by atoms with van der Waals surface area (Å²) in [5.74, 6) is 0.303. The highest BCUT2D eigenvalue weighted by Crippen LogP contribution is 2.19. The SMILES string of the molecule is Cc1ccc(CN(C(=O)COc2ccc(Br)cc2)[C@H](C)C(=O)NC2CCCCC2)cc1. The summed E-state index contributed by atoms with van der Waals surface area (Å²) in [5.41, 5.74) is 2.14. The number of hydrogen-bond acceptors (Lipinski definition) is 3. The summed E-state index contributed by atoms with van der Waals surface area (Å²) in [6.07, 6.45) is 5.54. The van der Waals surface area contributed by atoms with Crippen LogP contribution in [0, 0.1) is 6.92 Å². The monoisotopic (exact) mass is 486 g/mol. The second-order valence-corrected chi connectivity index (χ2v) is 9.19. The first kappa shape index (κ1) is 23.3. The van der Waals surface area contributed by atoms with Crippen molar-refractivity contribution in [3.8, 4) is 5.75 Å². The van der Waals surface area contributed by atoms with Gasteiger partial charge in [0, 0.05) is 17.1 Å². The van der Waals surface area contributed by atoms with Crippen LogP contribution in [0.1, 0.15) is 50.2 Å². The van der Waals surface area contributed by atoms with Gasteiger partial charge in [-0.3, -0.25) is 9.59 Å². The second kappa shape index (κ2) is 11.3. The number of carbonyl (C=O) groups excluding carboxylic acids is 2. The summed E-state index contributed by atoms with van der Waals surface area (Å²) < 4.78 is 6.64. The third-order valence-corrected chi connectivity index (χ3v) is 6.30. The van der Waals surface area contributed by atoms with Crippen molar-refractivity contribution in [2.45, 2.75) is 64.6 Å². The molecule has 1 saturated carbocycles. The number of halogens is 1. The number of amides is 2. The van der Waals surface area contributed by atoms with Crippen LogP contribution in [0.4, 0.5) is 0 Å². The molecule has 0 aliphatic heterocycles. The van der Waals surface area contributed by atoms with E-state index in [-0.39, 0.29) is 24.5 Å². The molecular weight excluding hydrogens is 456 g/mol. The number of rotatable bonds is 8. The van der Waals surface area contributed by atoms with Crippen LogP contribution in [0.5, 0.6) is 5.75 Å². The molecule has 0 aromatic heterocycles. The molecule has 0 unspecified atom stereocenters. The number of nitrogens with zero attached hydrogens (tertiary/aromatic N) is 1. The fourth-order valence-corrected chi connectivity index (χ4v) is 4.06. The first-order chi connectivity index (χ1) is 14.9. The normalized spacial score (nSPS) is 15.2. The Labute approximate surface area is 193 Å². The average molecular weight is 487 g/mol. The first-order valence-electron chi connectivity index (χ1n) is 11.0. The minimum Gasteiger partial charge on any atom is -0.484 e. The lowest BCUT2D eigenvalue weighted by atomic mass is 9.95. The molecule has 1 fully saturated rings. The number of nitrogens with one attached hydrogen (secondary N) is 1. The maximum atomic E-state index is 13.1. The molecule has 1 N–H and O–H groups in total. The summed E-state index contributed by atoms with van der Waals surface area (Å²) in [6, 6.07) is 15.0. The van der Waals surface area contributed by atoms with Gasteiger partial charge in [-0.25, -0.2) is 0 Å². The third-order valence-electron chi connectivity index (χ3n) is 5.77. The molecule has 0 saturated heterocycles. The molecule has 2 amide bonds. The average Bonchev–Trinajstić information content (AvgIpc) is 2.78. The van der Waals surface area contributed by atoms with Crippen LogP contribution in [-0.4, -0.2) is 35.4 Å². The summed E-state index contributed by atoms with van der Waals surface area (Å²) in [5, 5.41) is 3.15. The van der Waals surface area contributed by atoms with Crippen molar-refractivity contribution in [1.82, 2.24) is 10.2 Å². The summed E-state index contributed by atoms with van der Waals surface area (Å²) >= 11 is 3.39. The molecular formula is C25H31BrN2O3. The maximum absolute atomic E-state index is 13.1. The quantitative estimate of drug-likeness (QED) is 0.570. The van der Waals surface area contributed by atoms with Gasteiger partial charge in [0.15, 0.2) is 6.61 Å². The van der Waals surface area contributed by atoms with Gasteiger partial charge < -0.3 is 15.0 Å². The van der Waals surface area contributed by atoms with Crippen LogP contribution in [0.25, 0.3) is 0 Å². The lowest BCUT2D eigenvalue weighted by Gasteiger charge is -2.31. The number of benzene rings is 2. The van der Waals surface area contributed by atoms with Gasteiger partial charge in [-0.1, -0.05) is 65.0 Å². The Morgan fingerprint density at radius 3 is 2.35 bits per heavy atom. The molecule has 1 atom stereocenters. The first-order valence-corrected chi connectivity index (χ1v) is 11.8. The van der Waals surface area contributed by atoms with Crippen molar-refractivity contribution in [3.05, 3.63) is 64.1 Å². The zero-order valence-corrected chi connectivity index (χ0v) is 19.9. The lowest BCUT2D eigenvalue weighted by molar-refractivity contribution is -0.142. The minimum absolute atomic E-state index is 0.101. The Kier molecular flexibility index (Phi) is 8.52. The smallest absolute Gasteiger partial charge is 0.261 e. The minimum atomic E-state index is -0.579. The van der Waals surface area contributed by atoms with E-state index < -0.39 is 6.04 Å². The van der Waals surface area contributed by atoms with Crippen LogP contribution < -0.4 is 10.1 Å². The van der Waals surface area contributed by atoms with Crippen LogP contribution in [0.15, 0.2) is 53.0 Å². The largest absolute Gasteiger partial charge is 0.484 e. The number of carbonyl (C=O) groups is 2. The molecule has 5 nitrogen and oxygen atoms in total. The molecule has 0 bridgehead atoms. The van der Waals surface area contributed by atoms with Gasteiger partial charge >= 0.3 is 0 Å². The zero-order chi connectivity index (χ0) is 22.2. The van der Waals surface area contributed by atoms with E-state index in [0.717, 1.165) is 41.3 Å². The molecule has 1 aliphatic carbocycles. The highest BCUT2D eigenvalue weighted by atomic mass is 79.9. The summed E-state index contributed by atoms with van der Waals surface area (Å²) in [7, 11) is 0. The van der Waals surface area contributed by atoms with Gasteiger partial charge in [-0.15, -0.1) is 0 Å². The van der Waals surface area contributed by atoms with E-state index in [1.807, 2.05) is 43.3 Å². The molecule has 6 heteroatoms. The second-order valence-electron chi connectivity index (χ2n) is 8.27. The van der Waals surface area contributed by atoms with Crippen molar-refractivity contribution >= 4 is 27.7 Å². The Morgan fingerprint density at radius 1 is 1.06 bits per heavy atom. The van der Waals surface area contributed by atoms with Crippen molar-refractivity contribution < 1.29 is 14.3 Å². The molecule has 3 rings (SSSR count). The molecule has 0 radical (unpaired) electrons. The van der Waals surface area contributed by atoms with Crippen LogP contribution in [0.2, 0.25) is 0 Å². The van der Waals surface area contributed by atoms with Gasteiger partial charge in [0.25, 0.3) is 5.91 Å². The van der Waals surface area contributed by atoms with Crippen molar-refractivity contribution in [2.24, 2.45) is 0 Å². The fraction of sp³-hybridized carbons (Fsp3) is 0.440. The third kappa shape index (κ3) is 7.10. The van der Waals surface area contributed by atoms with Crippen molar-refractivity contribution in [3.63, 3.8) is 0 Å². The highest BCUT2D eigenvalue weighted by molar-refractivity contribution is 9.10. The molecule has 166 valence electrons. The van der Waals surface area contributed by atoms with Crippen LogP contribution >= 0.6 is 15.9 Å². The Hall–Kier alpha value is -2.34. The van der Waals surface area contributed by atoms with E-state index in [0.29, 0.717) is 12.3 Å². The van der Waals surface area contributed by atoms with Gasteiger partial charge in [0.2, 0.25) is 5.91 Å². The van der Waals surface area contributed by atoms with Crippen molar-refractivity contribution in [1.29, 1.82) is 0 Å². The summed E-state index contributed by atoms with van der Waals surface area (Å²) in [6.45, 7) is 4.07. The van der Waals surface area contributed by atoms with Crippen LogP contribution in [0.3, 0.4) is 0 Å². The highest BCUT2D eigenvalue weighted by Gasteiger charge is 2.28. The topological polar surface area (TPSA) is 58.6 Å². The van der Waals surface area contributed by atoms with E-state index in [1.165, 1.54) is 6.42 Å². The van der Waals surface area contributed by atoms with Crippen LogP contribution in [-0.2, 0) is 16.1 Å². The van der Waals surface area contributed by atoms with Gasteiger partial charge in [-0.05, 0) is 56.5 Å². The van der Waals surface area contributed by atoms with Crippen molar-refractivity contribution in [2.75, 3.05) is 6.61 Å². The Morgan fingerprint density at radius 2 is 1.71 bits per heavy atom. The van der Waals surface area contributed by atoms with Gasteiger partial charge in [0.05, 0.1) is 0 Å². The Balaban J connectivity index is 1.69. The molecule has 1 aliphatic rings. The van der Waals surface area contributed by atoms with E-state index in [2.05, 4.69) is 21.2 Å². The maximum Gasteiger partial charge on any atom is 0.261 e. The Bertz CT molecular complexity index is 861. The fourth-order valence-electron chi connectivity index (χ4n) is 3.80. The van der Waals surface area contributed by atoms with Gasteiger partial charge in [0.1, 0.15) is 11.8 Å². The molecule has 0 spiro atoms. The number of ether oxygens (including phenoxy) is 1. The predicted octanol–water partition coefficient (Wildman–Crippen LogP) is 5.00. The number of aryl methyl sites for hydroxylation is 1. The lowest BCUT2D eigenvalue weighted by Crippen LogP contribution is -2.51. The van der Waals surface area contributed by atoms with E-state index >= 15 is 0 Å². The number of hydrogen-bond donors (Lipinski definition) is 1.